The molecular formula is C3H5NiOP. The van der Waals surface area contributed by atoms with Crippen LogP contribution >= 0.6 is 9.24 Å². The maximum atomic E-state index is 9.66. The Labute approximate surface area is 49.3 Å². The van der Waals surface area contributed by atoms with Crippen LogP contribution in [0.25, 0.3) is 0 Å². The third-order valence-corrected chi connectivity index (χ3v) is 0.437. The third kappa shape index (κ3) is 8.84. The fraction of sp³-hybridized carbons (Fsp3) is 0. The molecule has 38 valence electrons. The Hall–Kier alpha value is 0.334. The van der Waals surface area contributed by atoms with Crippen LogP contribution in [0, 0.1) is 0 Å². The summed E-state index contributed by atoms with van der Waals surface area (Å²) in [5.74, 6) is 0. The molecule has 1 nitrogen and oxygen atoms in total. The van der Waals surface area contributed by atoms with E-state index < -0.39 is 0 Å². The quantitative estimate of drug-likeness (QED) is 0.301. The van der Waals surface area contributed by atoms with Crippen molar-refractivity contribution in [2.24, 2.45) is 0 Å². The van der Waals surface area contributed by atoms with Gasteiger partial charge in [-0.2, -0.15) is 0 Å². The zero-order valence-electron chi connectivity index (χ0n) is 3.09. The predicted octanol–water partition coefficient (Wildman–Crippen LogP) is 0.572. The number of carbonyl (C=O) groups excluding carboxylic acids is 1. The Morgan fingerprint density at radius 2 is 2.00 bits per heavy atom. The van der Waals surface area contributed by atoms with Crippen molar-refractivity contribution in [3.8, 4) is 0 Å². The van der Waals surface area contributed by atoms with E-state index in [2.05, 4.69) is 6.58 Å². The number of allylic oxidation sites excluding steroid dienone is 1. The third-order valence-electron chi connectivity index (χ3n) is 0.201. The van der Waals surface area contributed by atoms with Gasteiger partial charge in [0.2, 0.25) is 0 Å². The normalized spacial score (nSPS) is 5.50. The minimum absolute atomic E-state index is 0. The summed E-state index contributed by atoms with van der Waals surface area (Å²) in [7, 11) is 1.98. The molecule has 0 aliphatic rings. The van der Waals surface area contributed by atoms with E-state index in [0.717, 1.165) is 0 Å². The first-order valence-corrected chi connectivity index (χ1v) is 1.77. The van der Waals surface area contributed by atoms with Gasteiger partial charge >= 0.3 is 0 Å². The van der Waals surface area contributed by atoms with E-state index in [-0.39, 0.29) is 22.0 Å². The van der Waals surface area contributed by atoms with Crippen molar-refractivity contribution in [1.82, 2.24) is 0 Å². The molecule has 0 aromatic carbocycles. The predicted molar refractivity (Wildman–Crippen MR) is 24.9 cm³/mol. The van der Waals surface area contributed by atoms with Crippen molar-refractivity contribution in [3.05, 3.63) is 12.7 Å². The molecule has 6 heavy (non-hydrogen) atoms. The summed E-state index contributed by atoms with van der Waals surface area (Å²) in [4.78, 5) is 9.66. The second-order valence-corrected chi connectivity index (χ2v) is 1.18. The molecule has 1 atom stereocenters. The van der Waals surface area contributed by atoms with Crippen LogP contribution in [0.1, 0.15) is 0 Å². The molecule has 0 aliphatic heterocycles. The van der Waals surface area contributed by atoms with Crippen LogP contribution < -0.4 is 0 Å². The van der Waals surface area contributed by atoms with Gasteiger partial charge in [-0.05, 0) is 6.08 Å². The number of hydrogen-bond acceptors (Lipinski definition) is 1. The molecule has 0 amide bonds. The standard InChI is InChI=1S/C3H5OP.Ni/c1-2-3(4)5;/h2H,1,5H2;. The summed E-state index contributed by atoms with van der Waals surface area (Å²) >= 11 is 0. The van der Waals surface area contributed by atoms with Gasteiger partial charge in [0.25, 0.3) is 0 Å². The minimum atomic E-state index is -0.0648. The first kappa shape index (κ1) is 9.59. The monoisotopic (exact) mass is 146 g/mol. The smallest absolute Gasteiger partial charge is 0.170 e. The molecule has 0 aliphatic carbocycles. The van der Waals surface area contributed by atoms with Gasteiger partial charge in [0, 0.05) is 16.5 Å². The topological polar surface area (TPSA) is 17.1 Å². The van der Waals surface area contributed by atoms with Crippen molar-refractivity contribution in [3.63, 3.8) is 0 Å². The van der Waals surface area contributed by atoms with Gasteiger partial charge in [-0.15, -0.1) is 0 Å². The van der Waals surface area contributed by atoms with E-state index in [9.17, 15) is 4.79 Å². The summed E-state index contributed by atoms with van der Waals surface area (Å²) in [5, 5.41) is 0. The maximum absolute atomic E-state index is 9.66. The molecule has 3 heteroatoms. The average Bonchev–Trinajstić information content (AvgIpc) is 1.38. The molecule has 0 radical (unpaired) electrons. The summed E-state index contributed by atoms with van der Waals surface area (Å²) in [6.45, 7) is 3.19. The molecule has 0 spiro atoms. The van der Waals surface area contributed by atoms with Crippen molar-refractivity contribution in [1.29, 1.82) is 0 Å². The van der Waals surface area contributed by atoms with Gasteiger partial charge in [0.1, 0.15) is 0 Å². The number of hydrogen-bond donors (Lipinski definition) is 0. The van der Waals surface area contributed by atoms with Crippen LogP contribution in [0.2, 0.25) is 0 Å². The fourth-order valence-electron chi connectivity index (χ4n) is 0. The van der Waals surface area contributed by atoms with Gasteiger partial charge in [0.05, 0.1) is 0 Å². The Morgan fingerprint density at radius 3 is 2.00 bits per heavy atom. The largest absolute Gasteiger partial charge is 0.290 e. The summed E-state index contributed by atoms with van der Waals surface area (Å²) in [6.07, 6.45) is 1.24. The maximum Gasteiger partial charge on any atom is 0.170 e. The zero-order chi connectivity index (χ0) is 4.28. The van der Waals surface area contributed by atoms with E-state index in [1.807, 2.05) is 9.24 Å². The Kier molecular flexibility index (Phi) is 8.53. The van der Waals surface area contributed by atoms with Crippen molar-refractivity contribution < 1.29 is 21.3 Å². The van der Waals surface area contributed by atoms with Crippen LogP contribution in [0.4, 0.5) is 0 Å². The molecule has 0 aromatic rings. The second kappa shape index (κ2) is 5.33. The Morgan fingerprint density at radius 1 is 1.83 bits per heavy atom. The van der Waals surface area contributed by atoms with E-state index in [1.54, 1.807) is 0 Å². The molecule has 0 N–H and O–H groups in total. The molecule has 0 heterocycles. The zero-order valence-corrected chi connectivity index (χ0v) is 5.23. The van der Waals surface area contributed by atoms with Crippen molar-refractivity contribution in [2.45, 2.75) is 0 Å². The molecule has 0 fully saturated rings. The summed E-state index contributed by atoms with van der Waals surface area (Å²) < 4.78 is 0. The van der Waals surface area contributed by atoms with E-state index in [1.165, 1.54) is 6.08 Å². The molecule has 0 saturated heterocycles. The first-order valence-electron chi connectivity index (χ1n) is 1.19. The fourth-order valence-corrected chi connectivity index (χ4v) is 0. The first-order chi connectivity index (χ1) is 2.27. The van der Waals surface area contributed by atoms with Crippen LogP contribution in [0.3, 0.4) is 0 Å². The van der Waals surface area contributed by atoms with Gasteiger partial charge in [-0.25, -0.2) is 0 Å². The Balaban J connectivity index is 0. The molecule has 1 unspecified atom stereocenters. The Bertz CT molecular complexity index is 61.8. The molecular weight excluding hydrogens is 142 g/mol. The van der Waals surface area contributed by atoms with Crippen molar-refractivity contribution >= 4 is 14.8 Å². The average molecular weight is 147 g/mol. The van der Waals surface area contributed by atoms with Crippen molar-refractivity contribution in [2.75, 3.05) is 0 Å². The van der Waals surface area contributed by atoms with E-state index in [0.29, 0.717) is 0 Å². The van der Waals surface area contributed by atoms with Crippen LogP contribution in [0.15, 0.2) is 12.7 Å². The van der Waals surface area contributed by atoms with Gasteiger partial charge < -0.3 is 0 Å². The number of carbonyl (C=O) groups is 1. The van der Waals surface area contributed by atoms with Gasteiger partial charge in [-0.3, -0.25) is 4.79 Å². The minimum Gasteiger partial charge on any atom is -0.290 e. The van der Waals surface area contributed by atoms with E-state index >= 15 is 0 Å². The van der Waals surface area contributed by atoms with Crippen LogP contribution in [0.5, 0.6) is 0 Å². The summed E-state index contributed by atoms with van der Waals surface area (Å²) in [5.41, 5.74) is -0.0648. The summed E-state index contributed by atoms with van der Waals surface area (Å²) in [6, 6.07) is 0. The van der Waals surface area contributed by atoms with Crippen LogP contribution in [-0.4, -0.2) is 5.52 Å². The van der Waals surface area contributed by atoms with Gasteiger partial charge in [-0.1, -0.05) is 15.8 Å². The van der Waals surface area contributed by atoms with Crippen LogP contribution in [-0.2, 0) is 21.3 Å². The van der Waals surface area contributed by atoms with Gasteiger partial charge in [0.15, 0.2) is 5.52 Å². The second-order valence-electron chi connectivity index (χ2n) is 0.606. The molecule has 0 bridgehead atoms. The molecule has 0 aromatic heterocycles. The SMILES string of the molecule is C=CC(=O)P.[Ni]. The molecule has 0 saturated carbocycles. The van der Waals surface area contributed by atoms with E-state index in [4.69, 9.17) is 0 Å². The number of rotatable bonds is 1. The molecule has 0 rings (SSSR count).